The van der Waals surface area contributed by atoms with Gasteiger partial charge >= 0.3 is 12.1 Å². The maximum Gasteiger partial charge on any atom is 0.471 e. The molecule has 0 aliphatic carbocycles. The molecule has 4 nitrogen and oxygen atoms in total. The number of nitrogens with zero attached hydrogens (tertiary/aromatic N) is 2. The van der Waals surface area contributed by atoms with E-state index in [2.05, 4.69) is 0 Å². The number of amides is 2. The molecular formula is C20H16Cl3F3N2O2. The Morgan fingerprint density at radius 1 is 1.03 bits per heavy atom. The SMILES string of the molecule is O=C(c1ccc(Cl)cc1)N(Cc1ccc(Cl)c(Cl)c1)[C@@H]1CCN(C(=O)C(F)(F)F)C1. The van der Waals surface area contributed by atoms with Crippen molar-refractivity contribution in [3.63, 3.8) is 0 Å². The van der Waals surface area contributed by atoms with E-state index in [-0.39, 0.29) is 32.0 Å². The topological polar surface area (TPSA) is 40.6 Å². The lowest BCUT2D eigenvalue weighted by Gasteiger charge is -2.30. The van der Waals surface area contributed by atoms with Gasteiger partial charge in [-0.25, -0.2) is 0 Å². The minimum Gasteiger partial charge on any atom is -0.333 e. The molecule has 0 spiro atoms. The van der Waals surface area contributed by atoms with E-state index in [0.717, 1.165) is 4.90 Å². The summed E-state index contributed by atoms with van der Waals surface area (Å²) in [7, 11) is 0. The van der Waals surface area contributed by atoms with Crippen LogP contribution in [-0.4, -0.2) is 46.9 Å². The van der Waals surface area contributed by atoms with Crippen molar-refractivity contribution in [2.45, 2.75) is 25.2 Å². The number of hydrogen-bond donors (Lipinski definition) is 0. The standard InChI is InChI=1S/C20H16Cl3F3N2O2/c21-14-4-2-13(3-5-14)18(29)28(10-12-1-6-16(22)17(23)9-12)15-7-8-27(11-15)19(30)20(24,25)26/h1-6,9,15H,7-8,10-11H2/t15-/m1/s1. The number of carbonyl (C=O) groups excluding carboxylic acids is 2. The molecular weight excluding hydrogens is 464 g/mol. The second kappa shape index (κ2) is 9.04. The second-order valence-corrected chi connectivity index (χ2v) is 8.13. The molecule has 1 aliphatic heterocycles. The number of rotatable bonds is 4. The number of carbonyl (C=O) groups is 2. The number of likely N-dealkylation sites (tertiary alicyclic amines) is 1. The summed E-state index contributed by atoms with van der Waals surface area (Å²) in [6.45, 7) is -0.204. The van der Waals surface area contributed by atoms with Gasteiger partial charge in [-0.15, -0.1) is 0 Å². The minimum atomic E-state index is -4.95. The lowest BCUT2D eigenvalue weighted by Crippen LogP contribution is -2.44. The number of halogens is 6. The van der Waals surface area contributed by atoms with Gasteiger partial charge in [0.1, 0.15) is 0 Å². The summed E-state index contributed by atoms with van der Waals surface area (Å²) in [5.74, 6) is -2.29. The predicted molar refractivity (Wildman–Crippen MR) is 109 cm³/mol. The quantitative estimate of drug-likeness (QED) is 0.585. The normalized spacial score (nSPS) is 16.6. The van der Waals surface area contributed by atoms with E-state index in [1.165, 1.54) is 4.90 Å². The molecule has 0 aromatic heterocycles. The lowest BCUT2D eigenvalue weighted by molar-refractivity contribution is -0.184. The molecule has 2 amide bonds. The van der Waals surface area contributed by atoms with Crippen molar-refractivity contribution in [3.8, 4) is 0 Å². The lowest BCUT2D eigenvalue weighted by atomic mass is 10.1. The number of benzene rings is 2. The Balaban J connectivity index is 1.87. The molecule has 0 N–H and O–H groups in total. The van der Waals surface area contributed by atoms with Crippen molar-refractivity contribution in [2.75, 3.05) is 13.1 Å². The van der Waals surface area contributed by atoms with E-state index in [4.69, 9.17) is 34.8 Å². The summed E-state index contributed by atoms with van der Waals surface area (Å²) in [4.78, 5) is 26.9. The predicted octanol–water partition coefficient (Wildman–Crippen LogP) is 5.45. The molecule has 0 radical (unpaired) electrons. The fraction of sp³-hybridized carbons (Fsp3) is 0.300. The zero-order valence-electron chi connectivity index (χ0n) is 15.4. The van der Waals surface area contributed by atoms with Crippen LogP contribution < -0.4 is 0 Å². The molecule has 10 heteroatoms. The van der Waals surface area contributed by atoms with Gasteiger partial charge in [-0.3, -0.25) is 9.59 Å². The molecule has 0 unspecified atom stereocenters. The van der Waals surface area contributed by atoms with E-state index < -0.39 is 18.1 Å². The van der Waals surface area contributed by atoms with E-state index in [0.29, 0.717) is 26.2 Å². The number of alkyl halides is 3. The van der Waals surface area contributed by atoms with E-state index >= 15 is 0 Å². The fourth-order valence-electron chi connectivity index (χ4n) is 3.32. The molecule has 30 heavy (non-hydrogen) atoms. The zero-order chi connectivity index (χ0) is 22.1. The van der Waals surface area contributed by atoms with Gasteiger partial charge in [0.15, 0.2) is 0 Å². The molecule has 160 valence electrons. The molecule has 1 saturated heterocycles. The Bertz CT molecular complexity index is 951. The van der Waals surface area contributed by atoms with Crippen LogP contribution in [0.2, 0.25) is 15.1 Å². The first kappa shape index (κ1) is 22.7. The van der Waals surface area contributed by atoms with Gasteiger partial charge in [-0.2, -0.15) is 13.2 Å². The van der Waals surface area contributed by atoms with Crippen LogP contribution in [0, 0.1) is 0 Å². The van der Waals surface area contributed by atoms with Crippen LogP contribution in [0.25, 0.3) is 0 Å². The average Bonchev–Trinajstić information content (AvgIpc) is 3.17. The van der Waals surface area contributed by atoms with Crippen LogP contribution in [0.5, 0.6) is 0 Å². The Hall–Kier alpha value is -1.96. The van der Waals surface area contributed by atoms with Crippen LogP contribution in [0.3, 0.4) is 0 Å². The van der Waals surface area contributed by atoms with E-state index in [1.54, 1.807) is 42.5 Å². The van der Waals surface area contributed by atoms with Crippen molar-refractivity contribution < 1.29 is 22.8 Å². The fourth-order valence-corrected chi connectivity index (χ4v) is 3.77. The van der Waals surface area contributed by atoms with Crippen molar-refractivity contribution in [3.05, 3.63) is 68.7 Å². The van der Waals surface area contributed by atoms with Crippen molar-refractivity contribution in [1.82, 2.24) is 9.80 Å². The molecule has 2 aromatic carbocycles. The summed E-state index contributed by atoms with van der Waals surface area (Å²) >= 11 is 17.9. The molecule has 1 heterocycles. The van der Waals surface area contributed by atoms with Gasteiger partial charge < -0.3 is 9.80 Å². The molecule has 0 bridgehead atoms. The first-order chi connectivity index (χ1) is 14.1. The molecule has 1 fully saturated rings. The summed E-state index contributed by atoms with van der Waals surface area (Å²) in [6.07, 6.45) is -4.73. The van der Waals surface area contributed by atoms with Gasteiger partial charge in [0.25, 0.3) is 5.91 Å². The van der Waals surface area contributed by atoms with E-state index in [1.807, 2.05) is 0 Å². The number of hydrogen-bond acceptors (Lipinski definition) is 2. The van der Waals surface area contributed by atoms with Gasteiger partial charge in [0.2, 0.25) is 0 Å². The van der Waals surface area contributed by atoms with Gasteiger partial charge in [-0.1, -0.05) is 40.9 Å². The Labute approximate surface area is 186 Å². The van der Waals surface area contributed by atoms with Crippen LogP contribution >= 0.6 is 34.8 Å². The third kappa shape index (κ3) is 5.20. The third-order valence-corrected chi connectivity index (χ3v) is 5.81. The van der Waals surface area contributed by atoms with Gasteiger partial charge in [0, 0.05) is 30.2 Å². The summed E-state index contributed by atoms with van der Waals surface area (Å²) in [5.41, 5.74) is 0.993. The van der Waals surface area contributed by atoms with E-state index in [9.17, 15) is 22.8 Å². The Morgan fingerprint density at radius 2 is 1.70 bits per heavy atom. The smallest absolute Gasteiger partial charge is 0.333 e. The first-order valence-electron chi connectivity index (χ1n) is 8.93. The van der Waals surface area contributed by atoms with Crippen LogP contribution in [-0.2, 0) is 11.3 Å². The molecule has 1 atom stereocenters. The Morgan fingerprint density at radius 3 is 2.30 bits per heavy atom. The van der Waals surface area contributed by atoms with Crippen molar-refractivity contribution >= 4 is 46.6 Å². The highest BCUT2D eigenvalue weighted by atomic mass is 35.5. The largest absolute Gasteiger partial charge is 0.471 e. The molecule has 0 saturated carbocycles. The zero-order valence-corrected chi connectivity index (χ0v) is 17.7. The first-order valence-corrected chi connectivity index (χ1v) is 10.1. The Kier molecular flexibility index (Phi) is 6.84. The van der Waals surface area contributed by atoms with Crippen LogP contribution in [0.4, 0.5) is 13.2 Å². The highest BCUT2D eigenvalue weighted by Crippen LogP contribution is 2.28. The monoisotopic (exact) mass is 478 g/mol. The van der Waals surface area contributed by atoms with Crippen molar-refractivity contribution in [2.24, 2.45) is 0 Å². The molecule has 1 aliphatic rings. The average molecular weight is 480 g/mol. The van der Waals surface area contributed by atoms with Gasteiger partial charge in [-0.05, 0) is 48.4 Å². The maximum absolute atomic E-state index is 13.2. The minimum absolute atomic E-state index is 0.0885. The summed E-state index contributed by atoms with van der Waals surface area (Å²) in [6, 6.07) is 10.5. The molecule has 3 rings (SSSR count). The third-order valence-electron chi connectivity index (χ3n) is 4.82. The van der Waals surface area contributed by atoms with Crippen LogP contribution in [0.1, 0.15) is 22.3 Å². The molecule has 2 aromatic rings. The maximum atomic E-state index is 13.2. The summed E-state index contributed by atoms with van der Waals surface area (Å²) < 4.78 is 38.4. The van der Waals surface area contributed by atoms with Crippen LogP contribution in [0.15, 0.2) is 42.5 Å². The van der Waals surface area contributed by atoms with Crippen molar-refractivity contribution in [1.29, 1.82) is 0 Å². The van der Waals surface area contributed by atoms with Gasteiger partial charge in [0.05, 0.1) is 16.1 Å². The second-order valence-electron chi connectivity index (χ2n) is 6.88. The highest BCUT2D eigenvalue weighted by molar-refractivity contribution is 6.42. The highest BCUT2D eigenvalue weighted by Gasteiger charge is 2.45. The summed E-state index contributed by atoms with van der Waals surface area (Å²) in [5, 5.41) is 1.09.